The molecule has 0 spiro atoms. The highest BCUT2D eigenvalue weighted by Gasteiger charge is 2.00. The number of methoxy groups -OCH3 is 1. The molecule has 0 amide bonds. The summed E-state index contributed by atoms with van der Waals surface area (Å²) in [7, 11) is 1.57. The largest absolute Gasteiger partial charge is 0.507 e. The third kappa shape index (κ3) is 4.34. The number of rotatable bonds is 6. The van der Waals surface area contributed by atoms with Gasteiger partial charge in [-0.3, -0.25) is 9.98 Å². The number of aliphatic imine (C=N–C) groups is 2. The molecule has 0 saturated heterocycles. The monoisotopic (exact) mass is 298 g/mol. The number of aromatic hydroxyl groups is 2. The van der Waals surface area contributed by atoms with E-state index >= 15 is 0 Å². The van der Waals surface area contributed by atoms with Gasteiger partial charge in [-0.1, -0.05) is 12.1 Å². The molecule has 5 nitrogen and oxygen atoms in total. The Hall–Kier alpha value is -2.82. The Morgan fingerprint density at radius 1 is 0.909 bits per heavy atom. The van der Waals surface area contributed by atoms with Crippen molar-refractivity contribution in [1.82, 2.24) is 0 Å². The Morgan fingerprint density at radius 2 is 1.55 bits per heavy atom. The second kappa shape index (κ2) is 7.83. The predicted molar refractivity (Wildman–Crippen MR) is 87.7 cm³/mol. The molecule has 0 bridgehead atoms. The van der Waals surface area contributed by atoms with E-state index in [-0.39, 0.29) is 11.5 Å². The number of hydrogen-bond donors (Lipinski definition) is 2. The maximum absolute atomic E-state index is 9.71. The third-order valence-electron chi connectivity index (χ3n) is 2.99. The van der Waals surface area contributed by atoms with Crippen molar-refractivity contribution in [1.29, 1.82) is 0 Å². The highest BCUT2D eigenvalue weighted by Crippen LogP contribution is 2.21. The first-order valence-corrected chi connectivity index (χ1v) is 6.85. The summed E-state index contributed by atoms with van der Waals surface area (Å²) in [6.07, 6.45) is 3.21. The zero-order valence-corrected chi connectivity index (χ0v) is 12.3. The zero-order chi connectivity index (χ0) is 15.8. The number of para-hydroxylation sites is 1. The molecule has 0 heterocycles. The summed E-state index contributed by atoms with van der Waals surface area (Å²) in [5, 5.41) is 19.3. The molecule has 2 N–H and O–H groups in total. The number of phenols is 2. The molecule has 0 aliphatic heterocycles. The molecule has 2 aromatic rings. The maximum Gasteiger partial charge on any atom is 0.124 e. The Kier molecular flexibility index (Phi) is 5.54. The molecular formula is C17H18N2O3. The first-order chi connectivity index (χ1) is 10.7. The molecule has 5 heteroatoms. The van der Waals surface area contributed by atoms with Crippen LogP contribution in [0.4, 0.5) is 0 Å². The Balaban J connectivity index is 1.87. The SMILES string of the molecule is COc1ccc(O)c(C=NCCN=Cc2ccccc2O)c1. The fourth-order valence-corrected chi connectivity index (χ4v) is 1.80. The third-order valence-corrected chi connectivity index (χ3v) is 2.99. The lowest BCUT2D eigenvalue weighted by molar-refractivity contribution is 0.412. The van der Waals surface area contributed by atoms with Crippen LogP contribution in [0.2, 0.25) is 0 Å². The van der Waals surface area contributed by atoms with Gasteiger partial charge < -0.3 is 14.9 Å². The van der Waals surface area contributed by atoms with Crippen molar-refractivity contribution in [3.63, 3.8) is 0 Å². The fraction of sp³-hybridized carbons (Fsp3) is 0.176. The lowest BCUT2D eigenvalue weighted by atomic mass is 10.2. The van der Waals surface area contributed by atoms with Gasteiger partial charge in [0.25, 0.3) is 0 Å². The van der Waals surface area contributed by atoms with Crippen LogP contribution in [-0.2, 0) is 0 Å². The van der Waals surface area contributed by atoms with E-state index in [0.29, 0.717) is 30.0 Å². The summed E-state index contributed by atoms with van der Waals surface area (Å²) in [5.74, 6) is 1.02. The van der Waals surface area contributed by atoms with E-state index in [2.05, 4.69) is 9.98 Å². The van der Waals surface area contributed by atoms with Gasteiger partial charge in [0.05, 0.1) is 20.2 Å². The van der Waals surface area contributed by atoms with Crippen LogP contribution < -0.4 is 4.74 Å². The van der Waals surface area contributed by atoms with Gasteiger partial charge in [-0.25, -0.2) is 0 Å². The first kappa shape index (κ1) is 15.6. The second-order valence-electron chi connectivity index (χ2n) is 4.55. The smallest absolute Gasteiger partial charge is 0.124 e. The Morgan fingerprint density at radius 3 is 2.23 bits per heavy atom. The lowest BCUT2D eigenvalue weighted by Gasteiger charge is -2.02. The summed E-state index contributed by atoms with van der Waals surface area (Å²) in [4.78, 5) is 8.42. The van der Waals surface area contributed by atoms with E-state index in [9.17, 15) is 10.2 Å². The zero-order valence-electron chi connectivity index (χ0n) is 12.3. The highest BCUT2D eigenvalue weighted by atomic mass is 16.5. The van der Waals surface area contributed by atoms with Gasteiger partial charge in [0.2, 0.25) is 0 Å². The molecule has 2 aromatic carbocycles. The van der Waals surface area contributed by atoms with Crippen molar-refractivity contribution in [2.24, 2.45) is 9.98 Å². The minimum absolute atomic E-state index is 0.155. The van der Waals surface area contributed by atoms with Gasteiger partial charge in [0.15, 0.2) is 0 Å². The van der Waals surface area contributed by atoms with Crippen LogP contribution in [0.25, 0.3) is 0 Å². The summed E-state index contributed by atoms with van der Waals surface area (Å²) in [6.45, 7) is 0.982. The summed E-state index contributed by atoms with van der Waals surface area (Å²) in [5.41, 5.74) is 1.28. The highest BCUT2D eigenvalue weighted by molar-refractivity contribution is 5.84. The number of nitrogens with zero attached hydrogens (tertiary/aromatic N) is 2. The molecule has 0 unspecified atom stereocenters. The lowest BCUT2D eigenvalue weighted by Crippen LogP contribution is -1.92. The summed E-state index contributed by atoms with van der Waals surface area (Å²) in [6, 6.07) is 12.0. The number of hydrogen-bond acceptors (Lipinski definition) is 5. The minimum atomic E-state index is 0.155. The summed E-state index contributed by atoms with van der Waals surface area (Å²) >= 11 is 0. The van der Waals surface area contributed by atoms with Crippen LogP contribution in [-0.4, -0.2) is 42.8 Å². The topological polar surface area (TPSA) is 74.4 Å². The molecule has 0 radical (unpaired) electrons. The van der Waals surface area contributed by atoms with Gasteiger partial charge in [0.1, 0.15) is 17.2 Å². The van der Waals surface area contributed by atoms with E-state index in [1.165, 1.54) is 0 Å². The maximum atomic E-state index is 9.71. The molecule has 2 rings (SSSR count). The van der Waals surface area contributed by atoms with Gasteiger partial charge in [-0.05, 0) is 30.3 Å². The normalized spacial score (nSPS) is 11.3. The molecule has 0 aliphatic carbocycles. The molecule has 0 aromatic heterocycles. The van der Waals surface area contributed by atoms with Crippen molar-refractivity contribution >= 4 is 12.4 Å². The van der Waals surface area contributed by atoms with Crippen LogP contribution in [0.3, 0.4) is 0 Å². The van der Waals surface area contributed by atoms with Crippen LogP contribution >= 0.6 is 0 Å². The molecule has 0 atom stereocenters. The Bertz CT molecular complexity index is 681. The van der Waals surface area contributed by atoms with Crippen LogP contribution in [0, 0.1) is 0 Å². The predicted octanol–water partition coefficient (Wildman–Crippen LogP) is 2.64. The van der Waals surface area contributed by atoms with E-state index in [4.69, 9.17) is 4.74 Å². The van der Waals surface area contributed by atoms with Crippen molar-refractivity contribution in [3.8, 4) is 17.2 Å². The Labute approximate surface area is 129 Å². The molecule has 0 aliphatic rings. The average Bonchev–Trinajstić information content (AvgIpc) is 2.54. The van der Waals surface area contributed by atoms with Crippen LogP contribution in [0.15, 0.2) is 52.4 Å². The number of ether oxygens (including phenoxy) is 1. The molecular weight excluding hydrogens is 280 g/mol. The minimum Gasteiger partial charge on any atom is -0.507 e. The van der Waals surface area contributed by atoms with Gasteiger partial charge in [-0.2, -0.15) is 0 Å². The van der Waals surface area contributed by atoms with Crippen LogP contribution in [0.5, 0.6) is 17.2 Å². The number of benzene rings is 2. The van der Waals surface area contributed by atoms with Gasteiger partial charge in [-0.15, -0.1) is 0 Å². The van der Waals surface area contributed by atoms with E-state index in [1.54, 1.807) is 55.9 Å². The van der Waals surface area contributed by atoms with Crippen molar-refractivity contribution in [3.05, 3.63) is 53.6 Å². The fourth-order valence-electron chi connectivity index (χ4n) is 1.80. The van der Waals surface area contributed by atoms with Gasteiger partial charge >= 0.3 is 0 Å². The first-order valence-electron chi connectivity index (χ1n) is 6.85. The second-order valence-corrected chi connectivity index (χ2v) is 4.55. The average molecular weight is 298 g/mol. The van der Waals surface area contributed by atoms with E-state index in [1.807, 2.05) is 6.07 Å². The van der Waals surface area contributed by atoms with E-state index in [0.717, 1.165) is 0 Å². The molecule has 0 saturated carbocycles. The molecule has 22 heavy (non-hydrogen) atoms. The number of phenolic OH excluding ortho intramolecular Hbond substituents is 2. The van der Waals surface area contributed by atoms with Crippen molar-refractivity contribution in [2.75, 3.05) is 20.2 Å². The van der Waals surface area contributed by atoms with Crippen molar-refractivity contribution in [2.45, 2.75) is 0 Å². The van der Waals surface area contributed by atoms with Gasteiger partial charge in [0, 0.05) is 23.6 Å². The molecule has 0 fully saturated rings. The van der Waals surface area contributed by atoms with Crippen LogP contribution in [0.1, 0.15) is 11.1 Å². The quantitative estimate of drug-likeness (QED) is 0.636. The standard InChI is InChI=1S/C17H18N2O3/c1-22-15-6-7-17(21)14(10-15)12-19-9-8-18-11-13-4-2-3-5-16(13)20/h2-7,10-12,20-21H,8-9H2,1H3. The van der Waals surface area contributed by atoms with Crippen molar-refractivity contribution < 1.29 is 14.9 Å². The summed E-state index contributed by atoms with van der Waals surface area (Å²) < 4.78 is 5.09. The van der Waals surface area contributed by atoms with E-state index < -0.39 is 0 Å². The molecule has 114 valence electrons.